The van der Waals surface area contributed by atoms with Crippen LogP contribution in [-0.2, 0) is 6.42 Å². The molecule has 3 N–H and O–H groups in total. The first-order chi connectivity index (χ1) is 5.68. The second-order valence-electron chi connectivity index (χ2n) is 3.14. The van der Waals surface area contributed by atoms with Crippen LogP contribution in [-0.4, -0.2) is 5.11 Å². The molecule has 0 unspecified atom stereocenters. The first-order valence-electron chi connectivity index (χ1n) is 3.95. The van der Waals surface area contributed by atoms with Gasteiger partial charge in [-0.1, -0.05) is 0 Å². The SMILES string of the molecule is N[C@H]1CCc2c(O)cc(F)cc21. The predicted molar refractivity (Wildman–Crippen MR) is 43.3 cm³/mol. The second kappa shape index (κ2) is 2.45. The molecule has 64 valence electrons. The number of fused-ring (bicyclic) bond motifs is 1. The Hall–Kier alpha value is -1.09. The number of hydrogen-bond donors (Lipinski definition) is 2. The van der Waals surface area contributed by atoms with Gasteiger partial charge in [-0.3, -0.25) is 0 Å². The van der Waals surface area contributed by atoms with E-state index in [0.29, 0.717) is 0 Å². The van der Waals surface area contributed by atoms with E-state index in [1.54, 1.807) is 0 Å². The van der Waals surface area contributed by atoms with Crippen molar-refractivity contribution in [3.05, 3.63) is 29.1 Å². The van der Waals surface area contributed by atoms with Crippen LogP contribution in [0.3, 0.4) is 0 Å². The van der Waals surface area contributed by atoms with Crippen molar-refractivity contribution in [3.63, 3.8) is 0 Å². The topological polar surface area (TPSA) is 46.2 Å². The summed E-state index contributed by atoms with van der Waals surface area (Å²) >= 11 is 0. The molecule has 0 fully saturated rings. The van der Waals surface area contributed by atoms with E-state index in [9.17, 15) is 9.50 Å². The Labute approximate surface area is 69.8 Å². The molecular weight excluding hydrogens is 157 g/mol. The standard InChI is InChI=1S/C9H10FNO/c10-5-3-7-6(9(12)4-5)1-2-8(7)11/h3-4,8,12H,1-2,11H2/t8-/m0/s1. The Morgan fingerprint density at radius 1 is 1.50 bits per heavy atom. The minimum atomic E-state index is -0.413. The summed E-state index contributed by atoms with van der Waals surface area (Å²) in [6.07, 6.45) is 1.55. The average molecular weight is 167 g/mol. The van der Waals surface area contributed by atoms with E-state index in [2.05, 4.69) is 0 Å². The molecule has 1 aliphatic rings. The molecule has 0 saturated heterocycles. The highest BCUT2D eigenvalue weighted by atomic mass is 19.1. The van der Waals surface area contributed by atoms with Crippen molar-refractivity contribution in [2.24, 2.45) is 5.73 Å². The van der Waals surface area contributed by atoms with E-state index in [-0.39, 0.29) is 11.8 Å². The zero-order valence-electron chi connectivity index (χ0n) is 6.55. The lowest BCUT2D eigenvalue weighted by Gasteiger charge is -2.05. The molecule has 0 heterocycles. The van der Waals surface area contributed by atoms with E-state index in [1.807, 2.05) is 0 Å². The van der Waals surface area contributed by atoms with Crippen LogP contribution in [0, 0.1) is 5.82 Å². The van der Waals surface area contributed by atoms with Gasteiger partial charge >= 0.3 is 0 Å². The van der Waals surface area contributed by atoms with Crippen LogP contribution < -0.4 is 5.73 Å². The van der Waals surface area contributed by atoms with Gasteiger partial charge in [0.05, 0.1) is 0 Å². The molecule has 0 amide bonds. The summed E-state index contributed by atoms with van der Waals surface area (Å²) in [5.74, 6) is -0.374. The van der Waals surface area contributed by atoms with Gasteiger partial charge in [-0.05, 0) is 30.0 Å². The van der Waals surface area contributed by atoms with E-state index in [4.69, 9.17) is 5.73 Å². The van der Waals surface area contributed by atoms with Gasteiger partial charge in [-0.2, -0.15) is 0 Å². The van der Waals surface area contributed by atoms with Crippen molar-refractivity contribution in [2.45, 2.75) is 18.9 Å². The predicted octanol–water partition coefficient (Wildman–Crippen LogP) is 1.48. The van der Waals surface area contributed by atoms with Crippen molar-refractivity contribution >= 4 is 0 Å². The van der Waals surface area contributed by atoms with Crippen LogP contribution in [0.4, 0.5) is 4.39 Å². The zero-order valence-corrected chi connectivity index (χ0v) is 6.55. The largest absolute Gasteiger partial charge is 0.508 e. The highest BCUT2D eigenvalue weighted by Crippen LogP contribution is 2.35. The number of nitrogens with two attached hydrogens (primary N) is 1. The molecule has 0 bridgehead atoms. The molecule has 1 aromatic rings. The third-order valence-electron chi connectivity index (χ3n) is 2.33. The minimum absolute atomic E-state index is 0.0398. The van der Waals surface area contributed by atoms with Crippen LogP contribution >= 0.6 is 0 Å². The van der Waals surface area contributed by atoms with Crippen LogP contribution in [0.5, 0.6) is 5.75 Å². The molecular formula is C9H10FNO. The Balaban J connectivity index is 2.60. The number of aromatic hydroxyl groups is 1. The zero-order chi connectivity index (χ0) is 8.72. The molecule has 1 atom stereocenters. The van der Waals surface area contributed by atoms with Crippen LogP contribution in [0.2, 0.25) is 0 Å². The average Bonchev–Trinajstić information content (AvgIpc) is 2.33. The number of phenolic OH excluding ortho intramolecular Hbond substituents is 1. The fourth-order valence-corrected chi connectivity index (χ4v) is 1.70. The van der Waals surface area contributed by atoms with Gasteiger partial charge in [0.25, 0.3) is 0 Å². The lowest BCUT2D eigenvalue weighted by Crippen LogP contribution is -2.05. The fraction of sp³-hybridized carbons (Fsp3) is 0.333. The van der Waals surface area contributed by atoms with Crippen LogP contribution in [0.1, 0.15) is 23.6 Å². The Bertz CT molecular complexity index is 325. The van der Waals surface area contributed by atoms with Crippen molar-refractivity contribution in [2.75, 3.05) is 0 Å². The van der Waals surface area contributed by atoms with E-state index < -0.39 is 5.82 Å². The third kappa shape index (κ3) is 0.975. The summed E-state index contributed by atoms with van der Waals surface area (Å²) in [6, 6.07) is 2.44. The summed E-state index contributed by atoms with van der Waals surface area (Å²) in [7, 11) is 0. The Morgan fingerprint density at radius 2 is 2.25 bits per heavy atom. The van der Waals surface area contributed by atoms with Gasteiger partial charge in [0, 0.05) is 12.1 Å². The number of rotatable bonds is 0. The highest BCUT2D eigenvalue weighted by molar-refractivity contribution is 5.44. The van der Waals surface area contributed by atoms with Crippen LogP contribution in [0.25, 0.3) is 0 Å². The van der Waals surface area contributed by atoms with Gasteiger partial charge in [-0.15, -0.1) is 0 Å². The van der Waals surface area contributed by atoms with Crippen molar-refractivity contribution < 1.29 is 9.50 Å². The van der Waals surface area contributed by atoms with Gasteiger partial charge in [-0.25, -0.2) is 4.39 Å². The van der Waals surface area contributed by atoms with Gasteiger partial charge < -0.3 is 10.8 Å². The summed E-state index contributed by atoms with van der Waals surface area (Å²) in [4.78, 5) is 0. The summed E-state index contributed by atoms with van der Waals surface area (Å²) in [5.41, 5.74) is 7.27. The first-order valence-corrected chi connectivity index (χ1v) is 3.95. The van der Waals surface area contributed by atoms with E-state index in [1.165, 1.54) is 6.07 Å². The molecule has 1 aromatic carbocycles. The van der Waals surface area contributed by atoms with Gasteiger partial charge in [0.15, 0.2) is 0 Å². The highest BCUT2D eigenvalue weighted by Gasteiger charge is 2.22. The third-order valence-corrected chi connectivity index (χ3v) is 2.33. The maximum Gasteiger partial charge on any atom is 0.127 e. The lowest BCUT2D eigenvalue weighted by atomic mass is 10.1. The molecule has 0 aliphatic heterocycles. The van der Waals surface area contributed by atoms with Crippen molar-refractivity contribution in [1.82, 2.24) is 0 Å². The number of halogens is 1. The number of benzene rings is 1. The quantitative estimate of drug-likeness (QED) is 0.614. The molecule has 12 heavy (non-hydrogen) atoms. The molecule has 3 heteroatoms. The smallest absolute Gasteiger partial charge is 0.127 e. The maximum atomic E-state index is 12.8. The number of phenols is 1. The molecule has 2 rings (SSSR count). The summed E-state index contributed by atoms with van der Waals surface area (Å²) < 4.78 is 12.8. The molecule has 2 nitrogen and oxygen atoms in total. The fourth-order valence-electron chi connectivity index (χ4n) is 1.70. The van der Waals surface area contributed by atoms with Crippen molar-refractivity contribution in [3.8, 4) is 5.75 Å². The molecule has 1 aliphatic carbocycles. The molecule has 0 saturated carbocycles. The maximum absolute atomic E-state index is 12.8. The van der Waals surface area contributed by atoms with E-state index >= 15 is 0 Å². The lowest BCUT2D eigenvalue weighted by molar-refractivity contribution is 0.463. The molecule has 0 radical (unpaired) electrons. The van der Waals surface area contributed by atoms with E-state index in [0.717, 1.165) is 30.0 Å². The minimum Gasteiger partial charge on any atom is -0.508 e. The van der Waals surface area contributed by atoms with Gasteiger partial charge in [0.2, 0.25) is 0 Å². The normalized spacial score (nSPS) is 21.0. The first kappa shape index (κ1) is 7.55. The van der Waals surface area contributed by atoms with Crippen molar-refractivity contribution in [1.29, 1.82) is 0 Å². The van der Waals surface area contributed by atoms with Crippen LogP contribution in [0.15, 0.2) is 12.1 Å². The summed E-state index contributed by atoms with van der Waals surface area (Å²) in [6.45, 7) is 0. The molecule has 0 spiro atoms. The second-order valence-corrected chi connectivity index (χ2v) is 3.14. The van der Waals surface area contributed by atoms with Gasteiger partial charge in [0.1, 0.15) is 11.6 Å². The monoisotopic (exact) mass is 167 g/mol. The molecule has 0 aromatic heterocycles. The number of hydrogen-bond acceptors (Lipinski definition) is 2. The summed E-state index contributed by atoms with van der Waals surface area (Å²) in [5, 5.41) is 9.33. The Kier molecular flexibility index (Phi) is 1.54. The Morgan fingerprint density at radius 3 is 3.00 bits per heavy atom.